The molecule has 2 aromatic carbocycles. The predicted octanol–water partition coefficient (Wildman–Crippen LogP) is 5.11. The molecule has 0 aliphatic heterocycles. The third-order valence-electron chi connectivity index (χ3n) is 4.86. The minimum absolute atomic E-state index is 0.300. The molecule has 0 aliphatic carbocycles. The smallest absolute Gasteiger partial charge is 0.368 e. The van der Waals surface area contributed by atoms with Crippen LogP contribution in [0.15, 0.2) is 73.6 Å². The van der Waals surface area contributed by atoms with Crippen molar-refractivity contribution in [3.05, 3.63) is 89.7 Å². The molecule has 6 nitrogen and oxygen atoms in total. The van der Waals surface area contributed by atoms with Crippen LogP contribution in [0, 0.1) is 0 Å². The predicted molar refractivity (Wildman–Crippen MR) is 116 cm³/mol. The average molecular weight is 459 g/mol. The molecular weight excluding hydrogens is 441 g/mol. The molecule has 0 spiro atoms. The zero-order valence-electron chi connectivity index (χ0n) is 16.6. The van der Waals surface area contributed by atoms with Gasteiger partial charge in [0.1, 0.15) is 12.1 Å². The molecule has 0 saturated carbocycles. The Morgan fingerprint density at radius 3 is 2.50 bits per heavy atom. The van der Waals surface area contributed by atoms with E-state index in [4.69, 9.17) is 17.3 Å². The van der Waals surface area contributed by atoms with Crippen LogP contribution in [0.3, 0.4) is 0 Å². The monoisotopic (exact) mass is 458 g/mol. The van der Waals surface area contributed by atoms with Crippen LogP contribution < -0.4 is 11.1 Å². The number of nitrogens with one attached hydrogen (secondary N) is 1. The number of nitrogens with zero attached hydrogens (tertiary/aromatic N) is 4. The first-order chi connectivity index (χ1) is 15.3. The van der Waals surface area contributed by atoms with Crippen molar-refractivity contribution in [1.82, 2.24) is 19.5 Å². The largest absolute Gasteiger partial charge is 0.417 e. The van der Waals surface area contributed by atoms with E-state index in [1.165, 1.54) is 18.5 Å². The third kappa shape index (κ3) is 4.90. The van der Waals surface area contributed by atoms with Crippen molar-refractivity contribution >= 4 is 17.4 Å². The molecule has 32 heavy (non-hydrogen) atoms. The Morgan fingerprint density at radius 1 is 1.06 bits per heavy atom. The number of benzene rings is 2. The molecule has 0 saturated heterocycles. The van der Waals surface area contributed by atoms with Crippen LogP contribution in [0.4, 0.5) is 19.0 Å². The highest BCUT2D eigenvalue weighted by Crippen LogP contribution is 2.36. The molecule has 2 heterocycles. The van der Waals surface area contributed by atoms with Crippen LogP contribution in [0.1, 0.15) is 17.2 Å². The number of hydrogen-bond acceptors (Lipinski definition) is 5. The first-order valence-corrected chi connectivity index (χ1v) is 9.96. The summed E-state index contributed by atoms with van der Waals surface area (Å²) >= 11 is 5.82. The lowest BCUT2D eigenvalue weighted by atomic mass is 10.1. The van der Waals surface area contributed by atoms with Crippen molar-refractivity contribution in [3.63, 3.8) is 0 Å². The normalized spacial score (nSPS) is 12.5. The van der Waals surface area contributed by atoms with E-state index in [0.29, 0.717) is 23.6 Å². The number of halogens is 4. The molecule has 0 radical (unpaired) electrons. The lowest BCUT2D eigenvalue weighted by molar-refractivity contribution is -0.137. The molecule has 164 valence electrons. The van der Waals surface area contributed by atoms with Gasteiger partial charge in [-0.2, -0.15) is 13.2 Å². The Hall–Kier alpha value is -3.43. The number of imidazole rings is 1. The first kappa shape index (κ1) is 21.8. The van der Waals surface area contributed by atoms with Crippen LogP contribution in [0.5, 0.6) is 0 Å². The van der Waals surface area contributed by atoms with Crippen LogP contribution in [-0.4, -0.2) is 26.1 Å². The molecule has 4 rings (SSSR count). The highest BCUT2D eigenvalue weighted by Gasteiger charge is 2.33. The number of alkyl halides is 3. The number of anilines is 1. The maximum Gasteiger partial charge on any atom is 0.417 e. The third-order valence-corrected chi connectivity index (χ3v) is 5.18. The lowest BCUT2D eigenvalue weighted by Gasteiger charge is -2.15. The van der Waals surface area contributed by atoms with Gasteiger partial charge in [-0.25, -0.2) is 15.0 Å². The molecule has 0 fully saturated rings. The Bertz CT molecular complexity index is 1190. The van der Waals surface area contributed by atoms with E-state index in [1.54, 1.807) is 18.6 Å². The topological polar surface area (TPSA) is 81.6 Å². The number of nitrogens with two attached hydrogens (primary N) is 1. The van der Waals surface area contributed by atoms with E-state index in [9.17, 15) is 13.2 Å². The zero-order valence-corrected chi connectivity index (χ0v) is 17.3. The van der Waals surface area contributed by atoms with Crippen LogP contribution in [-0.2, 0) is 6.18 Å². The van der Waals surface area contributed by atoms with Crippen molar-refractivity contribution < 1.29 is 13.2 Å². The molecule has 0 bridgehead atoms. The molecule has 0 aliphatic rings. The number of aromatic nitrogens is 4. The summed E-state index contributed by atoms with van der Waals surface area (Å²) in [6.07, 6.45) is 2.09. The van der Waals surface area contributed by atoms with Crippen molar-refractivity contribution in [2.45, 2.75) is 12.2 Å². The van der Waals surface area contributed by atoms with Crippen molar-refractivity contribution in [1.29, 1.82) is 0 Å². The summed E-state index contributed by atoms with van der Waals surface area (Å²) in [5.74, 6) is 0.497. The fourth-order valence-electron chi connectivity index (χ4n) is 3.15. The number of hydrogen-bond donors (Lipinski definition) is 2. The van der Waals surface area contributed by atoms with E-state index in [2.05, 4.69) is 20.3 Å². The van der Waals surface area contributed by atoms with Crippen LogP contribution in [0.25, 0.3) is 16.9 Å². The fourth-order valence-corrected chi connectivity index (χ4v) is 3.44. The van der Waals surface area contributed by atoms with Gasteiger partial charge < -0.3 is 15.6 Å². The van der Waals surface area contributed by atoms with E-state index in [-0.39, 0.29) is 11.1 Å². The fraction of sp³-hybridized carbons (Fsp3) is 0.136. The van der Waals surface area contributed by atoms with Gasteiger partial charge in [0.25, 0.3) is 0 Å². The molecule has 1 atom stereocenters. The summed E-state index contributed by atoms with van der Waals surface area (Å²) in [6, 6.07) is 12.6. The van der Waals surface area contributed by atoms with Crippen molar-refractivity contribution in [2.24, 2.45) is 5.73 Å². The van der Waals surface area contributed by atoms with Gasteiger partial charge in [0.05, 0.1) is 22.6 Å². The van der Waals surface area contributed by atoms with Gasteiger partial charge in [-0.3, -0.25) is 0 Å². The molecule has 0 amide bonds. The van der Waals surface area contributed by atoms with E-state index in [0.717, 1.165) is 17.3 Å². The van der Waals surface area contributed by atoms with E-state index < -0.39 is 11.7 Å². The second-order valence-electron chi connectivity index (χ2n) is 7.03. The first-order valence-electron chi connectivity index (χ1n) is 9.58. The molecule has 10 heteroatoms. The highest BCUT2D eigenvalue weighted by molar-refractivity contribution is 6.31. The van der Waals surface area contributed by atoms with Crippen molar-refractivity contribution in [3.8, 4) is 16.9 Å². The summed E-state index contributed by atoms with van der Waals surface area (Å²) < 4.78 is 40.7. The Morgan fingerprint density at radius 2 is 1.84 bits per heavy atom. The van der Waals surface area contributed by atoms with Crippen LogP contribution in [0.2, 0.25) is 5.02 Å². The molecule has 3 N–H and O–H groups in total. The molecular formula is C22H18ClF3N6. The summed E-state index contributed by atoms with van der Waals surface area (Å²) in [6.45, 7) is 0.397. The quantitative estimate of drug-likeness (QED) is 0.419. The summed E-state index contributed by atoms with van der Waals surface area (Å²) in [4.78, 5) is 12.3. The molecule has 2 aromatic heterocycles. The van der Waals surface area contributed by atoms with Gasteiger partial charge in [-0.05, 0) is 29.8 Å². The lowest BCUT2D eigenvalue weighted by Crippen LogP contribution is -2.21. The summed E-state index contributed by atoms with van der Waals surface area (Å²) in [7, 11) is 0. The van der Waals surface area contributed by atoms with Gasteiger partial charge in [-0.15, -0.1) is 0 Å². The van der Waals surface area contributed by atoms with Gasteiger partial charge in [0, 0.05) is 42.3 Å². The zero-order chi connectivity index (χ0) is 22.7. The number of rotatable bonds is 6. The average Bonchev–Trinajstić information content (AvgIpc) is 3.32. The molecule has 4 aromatic rings. The van der Waals surface area contributed by atoms with E-state index in [1.807, 2.05) is 35.0 Å². The van der Waals surface area contributed by atoms with Gasteiger partial charge in [0.15, 0.2) is 0 Å². The maximum absolute atomic E-state index is 12.9. The van der Waals surface area contributed by atoms with Crippen LogP contribution >= 0.6 is 11.6 Å². The Balaban J connectivity index is 1.43. The summed E-state index contributed by atoms with van der Waals surface area (Å²) in [5, 5.41) is 2.76. The Labute approximate surface area is 186 Å². The highest BCUT2D eigenvalue weighted by atomic mass is 35.5. The van der Waals surface area contributed by atoms with Crippen molar-refractivity contribution in [2.75, 3.05) is 11.9 Å². The summed E-state index contributed by atoms with van der Waals surface area (Å²) in [5.41, 5.74) is 8.20. The standard InChI is InChI=1S/C22H18ClF3N6/c23-18-9-15(3-6-17(18)22(24,25)26)20-10-21(31-12-30-20)29-11-19(27)14-1-4-16(5-2-14)32-8-7-28-13-32/h1-10,12-13,19H,11,27H2,(H,29,30,31)/t19-/m0/s1. The Kier molecular flexibility index (Phi) is 6.11. The SMILES string of the molecule is N[C@@H](CNc1cc(-c2ccc(C(F)(F)F)c(Cl)c2)ncn1)c1ccc(-n2ccnc2)cc1. The minimum Gasteiger partial charge on any atom is -0.368 e. The van der Waals surface area contributed by atoms with E-state index >= 15 is 0 Å². The molecule has 0 unspecified atom stereocenters. The second-order valence-corrected chi connectivity index (χ2v) is 7.44. The van der Waals surface area contributed by atoms with Gasteiger partial charge >= 0.3 is 6.18 Å². The second kappa shape index (κ2) is 8.97. The van der Waals surface area contributed by atoms with Gasteiger partial charge in [-0.1, -0.05) is 29.8 Å². The maximum atomic E-state index is 12.9. The van der Waals surface area contributed by atoms with Gasteiger partial charge in [0.2, 0.25) is 0 Å². The minimum atomic E-state index is -4.51.